The summed E-state index contributed by atoms with van der Waals surface area (Å²) in [5, 5.41) is 10.4. The van der Waals surface area contributed by atoms with Gasteiger partial charge >= 0.3 is 5.97 Å². The van der Waals surface area contributed by atoms with Crippen LogP contribution in [0.3, 0.4) is 0 Å². The maximum absolute atomic E-state index is 10.9. The number of nitrogens with two attached hydrogens (primary N) is 1. The fourth-order valence-electron chi connectivity index (χ4n) is 2.07. The molecule has 0 fully saturated rings. The molecule has 0 unspecified atom stereocenters. The first-order valence-corrected chi connectivity index (χ1v) is 5.22. The highest BCUT2D eigenvalue weighted by atomic mass is 16.4. The van der Waals surface area contributed by atoms with Crippen LogP contribution in [0.1, 0.15) is 0 Å². The van der Waals surface area contributed by atoms with E-state index in [4.69, 9.17) is 10.8 Å². The summed E-state index contributed by atoms with van der Waals surface area (Å²) in [6.45, 7) is -0.192. The van der Waals surface area contributed by atoms with Crippen LogP contribution in [0.5, 0.6) is 0 Å². The van der Waals surface area contributed by atoms with E-state index in [1.807, 2.05) is 0 Å². The van der Waals surface area contributed by atoms with Gasteiger partial charge in [0.05, 0.1) is 17.1 Å². The Bertz CT molecular complexity index is 765. The number of anilines is 1. The van der Waals surface area contributed by atoms with Crippen LogP contribution in [0.25, 0.3) is 21.9 Å². The van der Waals surface area contributed by atoms with Gasteiger partial charge in [0, 0.05) is 11.6 Å². The number of carboxylic acid groups (broad SMARTS) is 1. The Hall–Kier alpha value is -2.70. The molecule has 7 heteroatoms. The normalized spacial score (nSPS) is 11.1. The van der Waals surface area contributed by atoms with Crippen molar-refractivity contribution in [1.82, 2.24) is 19.5 Å². The number of fused-ring (bicyclic) bond motifs is 3. The number of nitrogen functional groups attached to an aromatic ring is 1. The third-order valence-corrected chi connectivity index (χ3v) is 2.77. The van der Waals surface area contributed by atoms with Gasteiger partial charge in [0.2, 0.25) is 0 Å². The Morgan fingerprint density at radius 1 is 1.44 bits per heavy atom. The zero-order chi connectivity index (χ0) is 12.7. The summed E-state index contributed by atoms with van der Waals surface area (Å²) in [4.78, 5) is 23.0. The Morgan fingerprint density at radius 2 is 2.28 bits per heavy atom. The van der Waals surface area contributed by atoms with Gasteiger partial charge in [0.25, 0.3) is 0 Å². The molecule has 0 saturated heterocycles. The molecular weight excluding hydrogens is 234 g/mol. The van der Waals surface area contributed by atoms with E-state index < -0.39 is 5.97 Å². The zero-order valence-corrected chi connectivity index (χ0v) is 9.24. The molecule has 0 amide bonds. The summed E-state index contributed by atoms with van der Waals surface area (Å²) >= 11 is 0. The molecule has 90 valence electrons. The van der Waals surface area contributed by atoms with E-state index in [0.29, 0.717) is 22.4 Å². The number of aromatic nitrogens is 4. The first-order valence-electron chi connectivity index (χ1n) is 5.22. The maximum Gasteiger partial charge on any atom is 0.323 e. The second-order valence-electron chi connectivity index (χ2n) is 3.83. The third-order valence-electron chi connectivity index (χ3n) is 2.77. The van der Waals surface area contributed by atoms with Gasteiger partial charge in [-0.25, -0.2) is 9.97 Å². The van der Waals surface area contributed by atoms with E-state index in [1.165, 1.54) is 6.33 Å². The third kappa shape index (κ3) is 1.37. The highest BCUT2D eigenvalue weighted by Crippen LogP contribution is 2.29. The summed E-state index contributed by atoms with van der Waals surface area (Å²) in [7, 11) is 0. The van der Waals surface area contributed by atoms with Crippen LogP contribution in [0, 0.1) is 0 Å². The van der Waals surface area contributed by atoms with Crippen molar-refractivity contribution in [3.05, 3.63) is 24.8 Å². The molecule has 18 heavy (non-hydrogen) atoms. The SMILES string of the molecule is Nc1ncnc2c1c1ccncc1n2CC(=O)O. The molecule has 3 N–H and O–H groups in total. The van der Waals surface area contributed by atoms with E-state index in [9.17, 15) is 4.79 Å². The summed E-state index contributed by atoms with van der Waals surface area (Å²) < 4.78 is 1.57. The van der Waals surface area contributed by atoms with E-state index in [-0.39, 0.29) is 6.54 Å². The van der Waals surface area contributed by atoms with Gasteiger partial charge in [-0.3, -0.25) is 9.78 Å². The second kappa shape index (κ2) is 3.66. The maximum atomic E-state index is 10.9. The molecule has 0 atom stereocenters. The largest absolute Gasteiger partial charge is 0.480 e. The average Bonchev–Trinajstić information content (AvgIpc) is 2.65. The summed E-state index contributed by atoms with van der Waals surface area (Å²) in [5.41, 5.74) is 7.02. The van der Waals surface area contributed by atoms with Crippen molar-refractivity contribution in [2.24, 2.45) is 0 Å². The van der Waals surface area contributed by atoms with E-state index in [0.717, 1.165) is 5.39 Å². The van der Waals surface area contributed by atoms with E-state index in [2.05, 4.69) is 15.0 Å². The molecule has 7 nitrogen and oxygen atoms in total. The topological polar surface area (TPSA) is 107 Å². The molecule has 3 rings (SSSR count). The smallest absolute Gasteiger partial charge is 0.323 e. The number of pyridine rings is 1. The van der Waals surface area contributed by atoms with Crippen molar-refractivity contribution in [3.8, 4) is 0 Å². The van der Waals surface area contributed by atoms with Crippen molar-refractivity contribution < 1.29 is 9.90 Å². The van der Waals surface area contributed by atoms with Gasteiger partial charge in [-0.15, -0.1) is 0 Å². The molecule has 0 saturated carbocycles. The standard InChI is InChI=1S/C11H9N5O2/c12-10-9-6-1-2-13-3-7(6)16(4-8(17)18)11(9)15-5-14-10/h1-3,5H,4H2,(H,17,18)(H2,12,14,15). The summed E-state index contributed by atoms with van der Waals surface area (Å²) in [6.07, 6.45) is 4.54. The lowest BCUT2D eigenvalue weighted by atomic mass is 10.2. The lowest BCUT2D eigenvalue weighted by molar-refractivity contribution is -0.137. The summed E-state index contributed by atoms with van der Waals surface area (Å²) in [6, 6.07) is 1.77. The predicted octanol–water partition coefficient (Wildman–Crippen LogP) is 0.646. The van der Waals surface area contributed by atoms with Crippen LogP contribution >= 0.6 is 0 Å². The van der Waals surface area contributed by atoms with Crippen LogP contribution in [-0.4, -0.2) is 30.6 Å². The molecule has 0 aliphatic carbocycles. The molecule has 0 aromatic carbocycles. The monoisotopic (exact) mass is 243 g/mol. The fraction of sp³-hybridized carbons (Fsp3) is 0.0909. The quantitative estimate of drug-likeness (QED) is 0.684. The van der Waals surface area contributed by atoms with Crippen LogP contribution in [0.15, 0.2) is 24.8 Å². The predicted molar refractivity (Wildman–Crippen MR) is 64.9 cm³/mol. The molecule has 0 bridgehead atoms. The van der Waals surface area contributed by atoms with Gasteiger partial charge in [-0.05, 0) is 6.07 Å². The van der Waals surface area contributed by atoms with Crippen LogP contribution in [-0.2, 0) is 11.3 Å². The van der Waals surface area contributed by atoms with Gasteiger partial charge in [-0.2, -0.15) is 0 Å². The summed E-state index contributed by atoms with van der Waals surface area (Å²) in [5.74, 6) is -0.616. The minimum absolute atomic E-state index is 0.192. The van der Waals surface area contributed by atoms with E-state index >= 15 is 0 Å². The molecule has 0 spiro atoms. The van der Waals surface area contributed by atoms with Gasteiger partial charge in [0.1, 0.15) is 24.3 Å². The Balaban J connectivity index is 2.50. The number of hydrogen-bond acceptors (Lipinski definition) is 5. The number of carboxylic acids is 1. The molecular formula is C11H9N5O2. The van der Waals surface area contributed by atoms with Crippen molar-refractivity contribution in [2.45, 2.75) is 6.54 Å². The van der Waals surface area contributed by atoms with Crippen LogP contribution in [0.2, 0.25) is 0 Å². The first-order chi connectivity index (χ1) is 8.68. The van der Waals surface area contributed by atoms with Crippen molar-refractivity contribution in [2.75, 3.05) is 5.73 Å². The first kappa shape index (κ1) is 10.5. The number of hydrogen-bond donors (Lipinski definition) is 2. The Morgan fingerprint density at radius 3 is 3.06 bits per heavy atom. The number of carbonyl (C=O) groups is 1. The van der Waals surface area contributed by atoms with Gasteiger partial charge in [-0.1, -0.05) is 0 Å². The van der Waals surface area contributed by atoms with Gasteiger partial charge in [0.15, 0.2) is 0 Å². The number of aliphatic carboxylic acids is 1. The molecule has 0 aliphatic rings. The molecule has 0 radical (unpaired) electrons. The zero-order valence-electron chi connectivity index (χ0n) is 9.24. The average molecular weight is 243 g/mol. The van der Waals surface area contributed by atoms with Gasteiger partial charge < -0.3 is 15.4 Å². The lowest BCUT2D eigenvalue weighted by Gasteiger charge is -2.01. The second-order valence-corrected chi connectivity index (χ2v) is 3.83. The molecule has 3 aromatic heterocycles. The highest BCUT2D eigenvalue weighted by Gasteiger charge is 2.16. The van der Waals surface area contributed by atoms with Crippen molar-refractivity contribution >= 4 is 33.7 Å². The number of nitrogens with zero attached hydrogens (tertiary/aromatic N) is 4. The minimum atomic E-state index is -0.949. The lowest BCUT2D eigenvalue weighted by Crippen LogP contribution is -2.09. The fourth-order valence-corrected chi connectivity index (χ4v) is 2.07. The number of rotatable bonds is 2. The molecule has 3 heterocycles. The van der Waals surface area contributed by atoms with Crippen LogP contribution in [0.4, 0.5) is 5.82 Å². The minimum Gasteiger partial charge on any atom is -0.480 e. The molecule has 0 aliphatic heterocycles. The Labute approximate surface area is 101 Å². The van der Waals surface area contributed by atoms with E-state index in [1.54, 1.807) is 23.0 Å². The van der Waals surface area contributed by atoms with Crippen molar-refractivity contribution in [1.29, 1.82) is 0 Å². The highest BCUT2D eigenvalue weighted by molar-refractivity contribution is 6.11. The Kier molecular flexibility index (Phi) is 2.12. The molecule has 3 aromatic rings. The van der Waals surface area contributed by atoms with Crippen molar-refractivity contribution in [3.63, 3.8) is 0 Å². The van der Waals surface area contributed by atoms with Crippen LogP contribution < -0.4 is 5.73 Å².